The first-order chi connectivity index (χ1) is 17.5. The summed E-state index contributed by atoms with van der Waals surface area (Å²) in [6, 6.07) is 8.19. The molecule has 1 unspecified atom stereocenters. The molecule has 0 radical (unpaired) electrons. The van der Waals surface area contributed by atoms with Gasteiger partial charge in [0.25, 0.3) is 0 Å². The molecule has 0 saturated carbocycles. The zero-order chi connectivity index (χ0) is 25.1. The van der Waals surface area contributed by atoms with Crippen molar-refractivity contribution in [2.75, 3.05) is 50.8 Å². The summed E-state index contributed by atoms with van der Waals surface area (Å²) < 4.78 is 25.7. The molecule has 0 spiro atoms. The van der Waals surface area contributed by atoms with Crippen LogP contribution < -0.4 is 15.7 Å². The Balaban J connectivity index is 1.23. The van der Waals surface area contributed by atoms with Gasteiger partial charge in [-0.05, 0) is 30.3 Å². The van der Waals surface area contributed by atoms with E-state index in [0.717, 1.165) is 38.5 Å². The number of rotatable bonds is 7. The van der Waals surface area contributed by atoms with Crippen LogP contribution >= 0.6 is 0 Å². The Bertz CT molecular complexity index is 1150. The number of ether oxygens (including phenoxy) is 2. The minimum Gasteiger partial charge on any atom is -0.442 e. The molecule has 190 valence electrons. The number of pyridine rings is 1. The van der Waals surface area contributed by atoms with Gasteiger partial charge in [0.05, 0.1) is 43.4 Å². The number of carbonyl (C=O) groups is 2. The van der Waals surface area contributed by atoms with Crippen LogP contribution in [0.25, 0.3) is 16.8 Å². The van der Waals surface area contributed by atoms with Gasteiger partial charge in [0.15, 0.2) is 0 Å². The lowest BCUT2D eigenvalue weighted by molar-refractivity contribution is -0.119. The van der Waals surface area contributed by atoms with Gasteiger partial charge in [0.2, 0.25) is 5.91 Å². The second kappa shape index (κ2) is 10.6. The van der Waals surface area contributed by atoms with Crippen molar-refractivity contribution in [1.29, 1.82) is 0 Å². The zero-order valence-corrected chi connectivity index (χ0v) is 19.9. The van der Waals surface area contributed by atoms with Gasteiger partial charge in [-0.25, -0.2) is 9.18 Å². The maximum absolute atomic E-state index is 15.0. The molecule has 3 aliphatic rings. The Kier molecular flexibility index (Phi) is 7.12. The second-order valence-corrected chi connectivity index (χ2v) is 8.90. The van der Waals surface area contributed by atoms with Gasteiger partial charge in [0, 0.05) is 43.9 Å². The highest BCUT2D eigenvalue weighted by Gasteiger charge is 2.32. The summed E-state index contributed by atoms with van der Waals surface area (Å²) in [6.45, 7) is 5.84. The van der Waals surface area contributed by atoms with E-state index in [4.69, 9.17) is 14.3 Å². The van der Waals surface area contributed by atoms with Gasteiger partial charge in [-0.15, -0.1) is 0 Å². The van der Waals surface area contributed by atoms with Crippen LogP contribution in [0, 0.1) is 5.82 Å². The molecule has 11 heteroatoms. The normalized spacial score (nSPS) is 22.2. The highest BCUT2D eigenvalue weighted by molar-refractivity contribution is 5.90. The summed E-state index contributed by atoms with van der Waals surface area (Å²) in [5.41, 5.74) is 5.78. The fourth-order valence-electron chi connectivity index (χ4n) is 4.37. The van der Waals surface area contributed by atoms with E-state index in [-0.39, 0.29) is 25.1 Å². The van der Waals surface area contributed by atoms with Crippen LogP contribution in [0.5, 0.6) is 0 Å². The van der Waals surface area contributed by atoms with Crippen molar-refractivity contribution < 1.29 is 28.3 Å². The topological polar surface area (TPSA) is 105 Å². The van der Waals surface area contributed by atoms with Crippen molar-refractivity contribution in [3.05, 3.63) is 54.1 Å². The number of carbonyl (C=O) groups excluding carboxylic acids is 2. The maximum Gasteiger partial charge on any atom is 0.414 e. The molecule has 2 amide bonds. The third-order valence-corrected chi connectivity index (χ3v) is 6.28. The van der Waals surface area contributed by atoms with Gasteiger partial charge in [-0.2, -0.15) is 0 Å². The number of amides is 2. The van der Waals surface area contributed by atoms with E-state index in [1.807, 2.05) is 12.1 Å². The van der Waals surface area contributed by atoms with Gasteiger partial charge >= 0.3 is 6.09 Å². The number of cyclic esters (lactones) is 1. The van der Waals surface area contributed by atoms with E-state index in [9.17, 15) is 9.59 Å². The molecule has 10 nitrogen and oxygen atoms in total. The molecular weight excluding hydrogens is 469 g/mol. The number of aromatic nitrogens is 1. The molecule has 5 rings (SSSR count). The minimum atomic E-state index is -0.574. The number of halogens is 1. The van der Waals surface area contributed by atoms with Crippen molar-refractivity contribution >= 4 is 23.4 Å². The number of morpholine rings is 1. The summed E-state index contributed by atoms with van der Waals surface area (Å²) in [4.78, 5) is 37.1. The van der Waals surface area contributed by atoms with E-state index in [2.05, 4.69) is 20.7 Å². The Hall–Kier alpha value is -3.54. The average molecular weight is 498 g/mol. The summed E-state index contributed by atoms with van der Waals surface area (Å²) >= 11 is 0. The van der Waals surface area contributed by atoms with Crippen LogP contribution in [0.1, 0.15) is 12.6 Å². The largest absolute Gasteiger partial charge is 0.442 e. The average Bonchev–Trinajstić information content (AvgIpc) is 3.50. The first kappa shape index (κ1) is 24.2. The third-order valence-electron chi connectivity index (χ3n) is 6.28. The summed E-state index contributed by atoms with van der Waals surface area (Å²) in [5, 5.41) is 2.62. The molecule has 0 aliphatic carbocycles. The zero-order valence-electron chi connectivity index (χ0n) is 19.9. The Morgan fingerprint density at radius 3 is 2.81 bits per heavy atom. The van der Waals surface area contributed by atoms with Crippen molar-refractivity contribution in [3.8, 4) is 11.1 Å². The van der Waals surface area contributed by atoms with Crippen LogP contribution in [-0.2, 0) is 19.1 Å². The van der Waals surface area contributed by atoms with E-state index >= 15 is 4.39 Å². The molecular formula is C25H28FN5O5. The number of benzene rings is 1. The van der Waals surface area contributed by atoms with Crippen molar-refractivity contribution in [2.24, 2.45) is 0 Å². The quantitative estimate of drug-likeness (QED) is 0.598. The fourth-order valence-corrected chi connectivity index (χ4v) is 4.37. The van der Waals surface area contributed by atoms with Crippen molar-refractivity contribution in [3.63, 3.8) is 0 Å². The SMILES string of the molecule is CC(=O)NC[C@H]1CN(c2ccc(-c3ccc(C4=CC(CN5CCOCC5)ON4)nc3)c(F)c2)C(=O)O1. The molecule has 2 fully saturated rings. The molecule has 2 atom stereocenters. The van der Waals surface area contributed by atoms with Crippen LogP contribution in [0.15, 0.2) is 42.6 Å². The molecule has 3 aliphatic heterocycles. The number of nitrogens with one attached hydrogen (secondary N) is 2. The van der Waals surface area contributed by atoms with Crippen LogP contribution in [-0.4, -0.2) is 80.0 Å². The number of anilines is 1. The molecule has 1 aromatic carbocycles. The number of hydroxylamine groups is 1. The van der Waals surface area contributed by atoms with E-state index in [0.29, 0.717) is 22.5 Å². The molecule has 1 aromatic heterocycles. The highest BCUT2D eigenvalue weighted by Crippen LogP contribution is 2.29. The minimum absolute atomic E-state index is 0.0836. The Morgan fingerprint density at radius 2 is 2.08 bits per heavy atom. The first-order valence-electron chi connectivity index (χ1n) is 11.9. The van der Waals surface area contributed by atoms with Gasteiger partial charge in [-0.3, -0.25) is 29.9 Å². The van der Waals surface area contributed by atoms with Gasteiger partial charge in [0.1, 0.15) is 18.0 Å². The predicted octanol–water partition coefficient (Wildman–Crippen LogP) is 1.93. The lowest BCUT2D eigenvalue weighted by Gasteiger charge is -2.27. The molecule has 2 N–H and O–H groups in total. The highest BCUT2D eigenvalue weighted by atomic mass is 19.1. The second-order valence-electron chi connectivity index (χ2n) is 8.90. The monoisotopic (exact) mass is 497 g/mol. The maximum atomic E-state index is 15.0. The molecule has 0 bridgehead atoms. The molecule has 4 heterocycles. The Labute approximate surface area is 208 Å². The summed E-state index contributed by atoms with van der Waals surface area (Å²) in [5.74, 6) is -0.688. The van der Waals surface area contributed by atoms with Gasteiger partial charge < -0.3 is 14.8 Å². The summed E-state index contributed by atoms with van der Waals surface area (Å²) in [7, 11) is 0. The molecule has 2 saturated heterocycles. The first-order valence-corrected chi connectivity index (χ1v) is 11.9. The lowest BCUT2D eigenvalue weighted by Crippen LogP contribution is -2.40. The number of hydrogen-bond donors (Lipinski definition) is 2. The lowest BCUT2D eigenvalue weighted by atomic mass is 10.1. The van der Waals surface area contributed by atoms with Crippen molar-refractivity contribution in [1.82, 2.24) is 20.7 Å². The standard InChI is InChI=1S/C25H28FN5O5/c1-16(32)27-13-20-15-31(25(33)35-20)18-3-4-21(22(26)10-18)17-2-5-23(28-12-17)24-11-19(36-29-24)14-30-6-8-34-9-7-30/h2-5,10-12,19-20,29H,6-9,13-15H2,1H3,(H,27,32)/t19?,20-/m0/s1. The Morgan fingerprint density at radius 1 is 1.25 bits per heavy atom. The molecule has 2 aromatic rings. The number of hydrogen-bond acceptors (Lipinski definition) is 8. The van der Waals surface area contributed by atoms with E-state index < -0.39 is 18.0 Å². The van der Waals surface area contributed by atoms with E-state index in [1.165, 1.54) is 17.9 Å². The van der Waals surface area contributed by atoms with Crippen LogP contribution in [0.2, 0.25) is 0 Å². The smallest absolute Gasteiger partial charge is 0.414 e. The fraction of sp³-hybridized carbons (Fsp3) is 0.400. The summed E-state index contributed by atoms with van der Waals surface area (Å²) in [6.07, 6.45) is 2.46. The molecule has 36 heavy (non-hydrogen) atoms. The van der Waals surface area contributed by atoms with E-state index in [1.54, 1.807) is 24.4 Å². The predicted molar refractivity (Wildman–Crippen MR) is 129 cm³/mol. The van der Waals surface area contributed by atoms with Crippen molar-refractivity contribution in [2.45, 2.75) is 19.1 Å². The van der Waals surface area contributed by atoms with Gasteiger partial charge in [-0.1, -0.05) is 6.07 Å². The third kappa shape index (κ3) is 5.48. The number of nitrogens with zero attached hydrogens (tertiary/aromatic N) is 3. The van der Waals surface area contributed by atoms with Crippen LogP contribution in [0.3, 0.4) is 0 Å². The van der Waals surface area contributed by atoms with Crippen LogP contribution in [0.4, 0.5) is 14.9 Å².